The summed E-state index contributed by atoms with van der Waals surface area (Å²) in [5.74, 6) is 1.41. The number of carbonyl (C=O) groups is 1. The fraction of sp³-hybridized carbons (Fsp3) is 0.375. The minimum absolute atomic E-state index is 0.00268. The normalized spacial score (nSPS) is 17.4. The van der Waals surface area contributed by atoms with Crippen molar-refractivity contribution in [2.45, 2.75) is 26.3 Å². The highest BCUT2D eigenvalue weighted by atomic mass is 32.9. The van der Waals surface area contributed by atoms with Crippen molar-refractivity contribution < 1.29 is 14.3 Å². The number of hydrogen-bond donors (Lipinski definition) is 0. The van der Waals surface area contributed by atoms with Gasteiger partial charge in [-0.3, -0.25) is 4.79 Å². The topological polar surface area (TPSA) is 38.8 Å². The van der Waals surface area contributed by atoms with Crippen LogP contribution in [-0.2, 0) is 10.3 Å². The predicted octanol–water partition coefficient (Wildman–Crippen LogP) is 4.58. The molecular formula is C16H15NO3S3. The average molecular weight is 366 g/mol. The van der Waals surface area contributed by atoms with Crippen molar-refractivity contribution in [2.24, 2.45) is 0 Å². The maximum atomic E-state index is 12.4. The summed E-state index contributed by atoms with van der Waals surface area (Å²) in [6.07, 6.45) is 0. The number of carbonyl (C=O) groups excluding carboxylic acids is 1. The first kappa shape index (κ1) is 15.1. The predicted molar refractivity (Wildman–Crippen MR) is 95.6 cm³/mol. The SMILES string of the molecule is CC(=O)N1c2cc3c(cc2-c2c(ssc2=S)C1(C)C)OCCO3. The molecule has 0 atom stereocenters. The number of ether oxygens (including phenoxy) is 2. The average Bonchev–Trinajstić information content (AvgIpc) is 2.88. The van der Waals surface area contributed by atoms with Gasteiger partial charge in [-0.1, -0.05) is 32.9 Å². The molecule has 1 aromatic carbocycles. The van der Waals surface area contributed by atoms with Crippen molar-refractivity contribution in [2.75, 3.05) is 18.1 Å². The zero-order valence-electron chi connectivity index (χ0n) is 13.0. The zero-order valence-corrected chi connectivity index (χ0v) is 15.4. The highest BCUT2D eigenvalue weighted by molar-refractivity contribution is 7.80. The molecule has 7 heteroatoms. The molecule has 120 valence electrons. The monoisotopic (exact) mass is 365 g/mol. The van der Waals surface area contributed by atoms with Gasteiger partial charge in [-0.25, -0.2) is 0 Å². The van der Waals surface area contributed by atoms with Crippen molar-refractivity contribution >= 4 is 44.5 Å². The van der Waals surface area contributed by atoms with Crippen LogP contribution in [0, 0.1) is 3.82 Å². The van der Waals surface area contributed by atoms with Crippen molar-refractivity contribution in [1.82, 2.24) is 0 Å². The van der Waals surface area contributed by atoms with E-state index in [9.17, 15) is 4.79 Å². The van der Waals surface area contributed by atoms with Gasteiger partial charge in [0.2, 0.25) is 5.91 Å². The van der Waals surface area contributed by atoms with E-state index in [1.165, 1.54) is 0 Å². The lowest BCUT2D eigenvalue weighted by atomic mass is 9.87. The number of rotatable bonds is 0. The molecule has 0 saturated carbocycles. The van der Waals surface area contributed by atoms with Crippen molar-refractivity contribution in [3.63, 3.8) is 0 Å². The van der Waals surface area contributed by atoms with Gasteiger partial charge < -0.3 is 14.4 Å². The third kappa shape index (κ3) is 2.07. The molecule has 4 nitrogen and oxygen atoms in total. The van der Waals surface area contributed by atoms with Gasteiger partial charge in [0.1, 0.15) is 17.0 Å². The molecule has 0 bridgehead atoms. The first-order valence-electron chi connectivity index (χ1n) is 7.29. The van der Waals surface area contributed by atoms with Gasteiger partial charge in [0.05, 0.1) is 16.1 Å². The van der Waals surface area contributed by atoms with E-state index in [1.807, 2.05) is 17.0 Å². The Kier molecular flexibility index (Phi) is 3.30. The molecule has 2 aromatic rings. The van der Waals surface area contributed by atoms with Crippen LogP contribution in [0.3, 0.4) is 0 Å². The number of amides is 1. The fourth-order valence-electron chi connectivity index (χ4n) is 3.32. The van der Waals surface area contributed by atoms with Crippen LogP contribution in [0.2, 0.25) is 0 Å². The molecule has 2 aliphatic rings. The number of benzene rings is 1. The smallest absolute Gasteiger partial charge is 0.224 e. The lowest BCUT2D eigenvalue weighted by Crippen LogP contribution is -2.46. The molecule has 4 rings (SSSR count). The molecule has 0 saturated heterocycles. The van der Waals surface area contributed by atoms with Crippen LogP contribution in [0.4, 0.5) is 5.69 Å². The standard InChI is InChI=1S/C16H15NO3S3/c1-8(18)17-10-7-12-11(19-4-5-20-12)6-9(10)13-14(16(17,2)3)22-23-15(13)21/h6-7H,4-5H2,1-3H3. The van der Waals surface area contributed by atoms with Crippen LogP contribution in [-0.4, -0.2) is 19.1 Å². The summed E-state index contributed by atoms with van der Waals surface area (Å²) in [5, 5.41) is 0. The molecule has 0 unspecified atom stereocenters. The number of anilines is 1. The van der Waals surface area contributed by atoms with Crippen LogP contribution >= 0.6 is 32.9 Å². The van der Waals surface area contributed by atoms with Crippen molar-refractivity contribution in [3.05, 3.63) is 20.8 Å². The molecule has 23 heavy (non-hydrogen) atoms. The highest BCUT2D eigenvalue weighted by Gasteiger charge is 2.42. The lowest BCUT2D eigenvalue weighted by Gasteiger charge is -2.42. The summed E-state index contributed by atoms with van der Waals surface area (Å²) in [7, 11) is 3.24. The van der Waals surface area contributed by atoms with E-state index >= 15 is 0 Å². The summed E-state index contributed by atoms with van der Waals surface area (Å²) >= 11 is 5.56. The Morgan fingerprint density at radius 3 is 2.52 bits per heavy atom. The Morgan fingerprint density at radius 2 is 1.87 bits per heavy atom. The number of hydrogen-bond acceptors (Lipinski definition) is 6. The van der Waals surface area contributed by atoms with E-state index in [2.05, 4.69) is 13.8 Å². The fourth-order valence-corrected chi connectivity index (χ4v) is 6.61. The summed E-state index contributed by atoms with van der Waals surface area (Å²) in [5.41, 5.74) is 2.43. The first-order chi connectivity index (χ1) is 10.9. The Hall–Kier alpha value is -1.44. The van der Waals surface area contributed by atoms with E-state index in [1.54, 1.807) is 27.6 Å². The molecule has 1 amide bonds. The van der Waals surface area contributed by atoms with E-state index in [-0.39, 0.29) is 5.91 Å². The zero-order chi connectivity index (χ0) is 16.4. The number of fused-ring (bicyclic) bond motifs is 4. The minimum Gasteiger partial charge on any atom is -0.486 e. The lowest BCUT2D eigenvalue weighted by molar-refractivity contribution is -0.117. The molecule has 2 aliphatic heterocycles. The van der Waals surface area contributed by atoms with E-state index in [0.717, 1.165) is 31.3 Å². The second kappa shape index (κ2) is 5.03. The Bertz CT molecular complexity index is 881. The maximum Gasteiger partial charge on any atom is 0.224 e. The summed E-state index contributed by atoms with van der Waals surface area (Å²) in [6.45, 7) is 6.77. The van der Waals surface area contributed by atoms with E-state index in [0.29, 0.717) is 19.0 Å². The van der Waals surface area contributed by atoms with Gasteiger partial charge >= 0.3 is 0 Å². The molecule has 0 radical (unpaired) electrons. The van der Waals surface area contributed by atoms with Crippen LogP contribution < -0.4 is 14.4 Å². The Labute approximate surface area is 146 Å². The first-order valence-corrected chi connectivity index (χ1v) is 9.85. The molecule has 0 fully saturated rings. The van der Waals surface area contributed by atoms with E-state index < -0.39 is 5.54 Å². The molecule has 0 spiro atoms. The van der Waals surface area contributed by atoms with Gasteiger partial charge in [-0.2, -0.15) is 0 Å². The molecule has 1 aromatic heterocycles. The van der Waals surface area contributed by atoms with Crippen LogP contribution in [0.25, 0.3) is 11.1 Å². The second-order valence-corrected chi connectivity index (χ2v) is 8.90. The third-order valence-electron chi connectivity index (χ3n) is 4.23. The minimum atomic E-state index is -0.434. The van der Waals surface area contributed by atoms with Gasteiger partial charge in [-0.05, 0) is 19.9 Å². The Morgan fingerprint density at radius 1 is 1.22 bits per heavy atom. The van der Waals surface area contributed by atoms with Gasteiger partial charge in [0.25, 0.3) is 0 Å². The van der Waals surface area contributed by atoms with Gasteiger partial charge in [0.15, 0.2) is 11.5 Å². The van der Waals surface area contributed by atoms with Crippen LogP contribution in [0.5, 0.6) is 11.5 Å². The number of nitrogens with zero attached hydrogens (tertiary/aromatic N) is 1. The summed E-state index contributed by atoms with van der Waals surface area (Å²) in [4.78, 5) is 15.4. The van der Waals surface area contributed by atoms with Crippen LogP contribution in [0.1, 0.15) is 25.6 Å². The summed E-state index contributed by atoms with van der Waals surface area (Å²) in [6, 6.07) is 3.87. The Balaban J connectivity index is 2.08. The summed E-state index contributed by atoms with van der Waals surface area (Å²) < 4.78 is 12.3. The van der Waals surface area contributed by atoms with Gasteiger partial charge in [0, 0.05) is 24.1 Å². The van der Waals surface area contributed by atoms with Crippen molar-refractivity contribution in [1.29, 1.82) is 0 Å². The third-order valence-corrected chi connectivity index (χ3v) is 7.56. The second-order valence-electron chi connectivity index (χ2n) is 6.08. The van der Waals surface area contributed by atoms with Gasteiger partial charge in [-0.15, -0.1) is 0 Å². The van der Waals surface area contributed by atoms with Crippen LogP contribution in [0.15, 0.2) is 12.1 Å². The molecule has 0 N–H and O–H groups in total. The molecule has 0 aliphatic carbocycles. The molecular weight excluding hydrogens is 350 g/mol. The van der Waals surface area contributed by atoms with Crippen molar-refractivity contribution in [3.8, 4) is 22.6 Å². The largest absolute Gasteiger partial charge is 0.486 e. The quantitative estimate of drug-likeness (QED) is 0.506. The molecule has 3 heterocycles. The maximum absolute atomic E-state index is 12.4. The van der Waals surface area contributed by atoms with E-state index in [4.69, 9.17) is 21.7 Å². The highest BCUT2D eigenvalue weighted by Crippen LogP contribution is 2.54.